The topological polar surface area (TPSA) is 49.3 Å². The molecule has 0 aliphatic heterocycles. The van der Waals surface area contributed by atoms with E-state index in [1.165, 1.54) is 12.1 Å². The van der Waals surface area contributed by atoms with E-state index in [4.69, 9.17) is 23.1 Å². The van der Waals surface area contributed by atoms with Crippen LogP contribution in [0.4, 0.5) is 5.69 Å². The van der Waals surface area contributed by atoms with Gasteiger partial charge in [-0.2, -0.15) is 0 Å². The maximum atomic E-state index is 10.7. The van der Waals surface area contributed by atoms with Crippen LogP contribution >= 0.6 is 11.6 Å². The zero-order valence-corrected chi connectivity index (χ0v) is 9.58. The number of halogens is 1. The molecule has 1 aromatic rings. The average molecular weight is 238 g/mol. The van der Waals surface area contributed by atoms with Gasteiger partial charge in [-0.1, -0.05) is 11.6 Å². The van der Waals surface area contributed by atoms with Gasteiger partial charge in [0, 0.05) is 12.5 Å². The first-order chi connectivity index (χ1) is 7.54. The number of benzene rings is 1. The van der Waals surface area contributed by atoms with Gasteiger partial charge in [-0.25, -0.2) is 4.79 Å². The van der Waals surface area contributed by atoms with Gasteiger partial charge in [0.2, 0.25) is 0 Å². The Kier molecular flexibility index (Phi) is 4.21. The van der Waals surface area contributed by atoms with Gasteiger partial charge in [0.1, 0.15) is 0 Å². The quantitative estimate of drug-likeness (QED) is 0.792. The lowest BCUT2D eigenvalue weighted by atomic mass is 10.2. The standard InChI is InChI=1S/C12H12ClNO2/c1-3-4-8(2)14-11-6-5-9(12(15)16)7-10(11)13/h1,5-8,14H,4H2,2H3,(H,15,16). The molecule has 0 aliphatic carbocycles. The Morgan fingerprint density at radius 3 is 2.88 bits per heavy atom. The number of carboxylic acids is 1. The van der Waals surface area contributed by atoms with Gasteiger partial charge in [0.15, 0.2) is 0 Å². The second kappa shape index (κ2) is 5.43. The summed E-state index contributed by atoms with van der Waals surface area (Å²) in [4.78, 5) is 10.7. The highest BCUT2D eigenvalue weighted by atomic mass is 35.5. The van der Waals surface area contributed by atoms with Crippen molar-refractivity contribution in [3.8, 4) is 12.3 Å². The minimum absolute atomic E-state index is 0.0955. The normalized spacial score (nSPS) is 11.6. The maximum Gasteiger partial charge on any atom is 0.335 e. The fourth-order valence-electron chi connectivity index (χ4n) is 1.26. The molecule has 4 heteroatoms. The molecule has 0 radical (unpaired) electrons. The smallest absolute Gasteiger partial charge is 0.335 e. The van der Waals surface area contributed by atoms with Crippen molar-refractivity contribution in [3.63, 3.8) is 0 Å². The molecule has 0 heterocycles. The predicted octanol–water partition coefficient (Wildman–Crippen LogP) is 2.86. The van der Waals surface area contributed by atoms with Crippen LogP contribution in [0.5, 0.6) is 0 Å². The van der Waals surface area contributed by atoms with E-state index < -0.39 is 5.97 Å². The Morgan fingerprint density at radius 1 is 1.69 bits per heavy atom. The Labute approximate surface area is 99.4 Å². The van der Waals surface area contributed by atoms with Gasteiger partial charge >= 0.3 is 5.97 Å². The van der Waals surface area contributed by atoms with Gasteiger partial charge < -0.3 is 10.4 Å². The molecular weight excluding hydrogens is 226 g/mol. The van der Waals surface area contributed by atoms with Crippen LogP contribution in [0.15, 0.2) is 18.2 Å². The van der Waals surface area contributed by atoms with E-state index in [9.17, 15) is 4.79 Å². The molecule has 3 nitrogen and oxygen atoms in total. The van der Waals surface area contributed by atoms with Gasteiger partial charge in [0.05, 0.1) is 16.3 Å². The molecule has 0 aromatic heterocycles. The minimum Gasteiger partial charge on any atom is -0.478 e. The summed E-state index contributed by atoms with van der Waals surface area (Å²) in [5.41, 5.74) is 0.856. The third-order valence-corrected chi connectivity index (χ3v) is 2.35. The summed E-state index contributed by atoms with van der Waals surface area (Å²) >= 11 is 5.94. The molecule has 1 aromatic carbocycles. The van der Waals surface area contributed by atoms with Crippen LogP contribution in [0.2, 0.25) is 5.02 Å². The highest BCUT2D eigenvalue weighted by Crippen LogP contribution is 2.24. The largest absolute Gasteiger partial charge is 0.478 e. The molecule has 1 unspecified atom stereocenters. The Bertz CT molecular complexity index is 437. The monoisotopic (exact) mass is 237 g/mol. The summed E-state index contributed by atoms with van der Waals surface area (Å²) in [6.07, 6.45) is 5.76. The van der Waals surface area contributed by atoms with Crippen molar-refractivity contribution in [1.29, 1.82) is 0 Å². The second-order valence-electron chi connectivity index (χ2n) is 3.45. The molecule has 0 spiro atoms. The van der Waals surface area contributed by atoms with Crippen molar-refractivity contribution in [1.82, 2.24) is 0 Å². The fraction of sp³-hybridized carbons (Fsp3) is 0.250. The molecule has 1 atom stereocenters. The van der Waals surface area contributed by atoms with Gasteiger partial charge in [-0.15, -0.1) is 12.3 Å². The zero-order valence-electron chi connectivity index (χ0n) is 8.83. The number of terminal acetylenes is 1. The van der Waals surface area contributed by atoms with Crippen LogP contribution in [0, 0.1) is 12.3 Å². The zero-order chi connectivity index (χ0) is 12.1. The lowest BCUT2D eigenvalue weighted by Gasteiger charge is -2.14. The van der Waals surface area contributed by atoms with Crippen LogP contribution in [0.1, 0.15) is 23.7 Å². The number of anilines is 1. The number of aromatic carboxylic acids is 1. The number of rotatable bonds is 4. The first-order valence-corrected chi connectivity index (χ1v) is 5.15. The molecule has 0 fully saturated rings. The Balaban J connectivity index is 2.84. The number of carbonyl (C=O) groups is 1. The van der Waals surface area contributed by atoms with E-state index in [2.05, 4.69) is 11.2 Å². The van der Waals surface area contributed by atoms with Crippen molar-refractivity contribution in [2.24, 2.45) is 0 Å². The van der Waals surface area contributed by atoms with Crippen LogP contribution < -0.4 is 5.32 Å². The molecule has 2 N–H and O–H groups in total. The summed E-state index contributed by atoms with van der Waals surface area (Å²) in [7, 11) is 0. The summed E-state index contributed by atoms with van der Waals surface area (Å²) in [6, 6.07) is 4.64. The Morgan fingerprint density at radius 2 is 2.38 bits per heavy atom. The maximum absolute atomic E-state index is 10.7. The first kappa shape index (κ1) is 12.4. The second-order valence-corrected chi connectivity index (χ2v) is 3.86. The molecule has 16 heavy (non-hydrogen) atoms. The predicted molar refractivity (Wildman–Crippen MR) is 64.9 cm³/mol. The van der Waals surface area contributed by atoms with Crippen LogP contribution in [0.3, 0.4) is 0 Å². The molecule has 1 rings (SSSR count). The number of hydrogen-bond acceptors (Lipinski definition) is 2. The van der Waals surface area contributed by atoms with E-state index in [1.54, 1.807) is 6.07 Å². The van der Waals surface area contributed by atoms with Gasteiger partial charge in [-0.3, -0.25) is 0 Å². The molecule has 0 saturated heterocycles. The van der Waals surface area contributed by atoms with Crippen molar-refractivity contribution in [2.45, 2.75) is 19.4 Å². The number of hydrogen-bond donors (Lipinski definition) is 2. The third kappa shape index (κ3) is 3.18. The summed E-state index contributed by atoms with van der Waals surface area (Å²) < 4.78 is 0. The van der Waals surface area contributed by atoms with Crippen molar-refractivity contribution < 1.29 is 9.90 Å². The van der Waals surface area contributed by atoms with E-state index in [1.807, 2.05) is 6.92 Å². The van der Waals surface area contributed by atoms with Crippen molar-refractivity contribution in [3.05, 3.63) is 28.8 Å². The minimum atomic E-state index is -0.995. The molecule has 0 saturated carbocycles. The lowest BCUT2D eigenvalue weighted by molar-refractivity contribution is 0.0697. The van der Waals surface area contributed by atoms with Crippen LogP contribution in [0.25, 0.3) is 0 Å². The van der Waals surface area contributed by atoms with Crippen molar-refractivity contribution in [2.75, 3.05) is 5.32 Å². The van der Waals surface area contributed by atoms with E-state index in [0.29, 0.717) is 17.1 Å². The molecular formula is C12H12ClNO2. The van der Waals surface area contributed by atoms with E-state index in [0.717, 1.165) is 0 Å². The third-order valence-electron chi connectivity index (χ3n) is 2.04. The van der Waals surface area contributed by atoms with Crippen LogP contribution in [-0.2, 0) is 0 Å². The summed E-state index contributed by atoms with van der Waals surface area (Å²) in [5.74, 6) is 1.54. The van der Waals surface area contributed by atoms with E-state index in [-0.39, 0.29) is 11.6 Å². The fourth-order valence-corrected chi connectivity index (χ4v) is 1.49. The molecule has 0 amide bonds. The lowest BCUT2D eigenvalue weighted by Crippen LogP contribution is -2.14. The summed E-state index contributed by atoms with van der Waals surface area (Å²) in [6.45, 7) is 1.93. The van der Waals surface area contributed by atoms with Crippen LogP contribution in [-0.4, -0.2) is 17.1 Å². The van der Waals surface area contributed by atoms with E-state index >= 15 is 0 Å². The number of nitrogens with one attached hydrogen (secondary N) is 1. The SMILES string of the molecule is C#CCC(C)Nc1ccc(C(=O)O)cc1Cl. The highest BCUT2D eigenvalue weighted by molar-refractivity contribution is 6.33. The molecule has 84 valence electrons. The number of carboxylic acid groups (broad SMARTS) is 1. The van der Waals surface area contributed by atoms with Gasteiger partial charge in [0.25, 0.3) is 0 Å². The first-order valence-electron chi connectivity index (χ1n) is 4.77. The molecule has 0 bridgehead atoms. The van der Waals surface area contributed by atoms with Crippen molar-refractivity contribution >= 4 is 23.3 Å². The Hall–Kier alpha value is -1.66. The molecule has 0 aliphatic rings. The summed E-state index contributed by atoms with van der Waals surface area (Å²) in [5, 5.41) is 12.2. The van der Waals surface area contributed by atoms with Gasteiger partial charge in [-0.05, 0) is 25.1 Å². The average Bonchev–Trinajstić information content (AvgIpc) is 2.21. The highest BCUT2D eigenvalue weighted by Gasteiger charge is 2.08.